The lowest BCUT2D eigenvalue weighted by Gasteiger charge is -2.19. The van der Waals surface area contributed by atoms with Crippen molar-refractivity contribution in [3.05, 3.63) is 58.0 Å². The SMILES string of the molecule is Cc1cc2[nH]c(=O)[nH]c2cc1NS(=O)(=O)c1ccc(C(C)(C)C)cc1. The topological polar surface area (TPSA) is 94.8 Å². The Kier molecular flexibility index (Phi) is 3.99. The second-order valence-corrected chi connectivity index (χ2v) is 8.85. The predicted octanol–water partition coefficient (Wildman–Crippen LogP) is 3.26. The number of rotatable bonds is 3. The fourth-order valence-electron chi connectivity index (χ4n) is 2.64. The van der Waals surface area contributed by atoms with Crippen LogP contribution < -0.4 is 10.4 Å². The van der Waals surface area contributed by atoms with Gasteiger partial charge in [-0.25, -0.2) is 13.2 Å². The molecule has 1 heterocycles. The van der Waals surface area contributed by atoms with Gasteiger partial charge in [-0.3, -0.25) is 4.72 Å². The highest BCUT2D eigenvalue weighted by molar-refractivity contribution is 7.92. The van der Waals surface area contributed by atoms with Gasteiger partial charge in [-0.15, -0.1) is 0 Å². The lowest BCUT2D eigenvalue weighted by atomic mass is 9.87. The lowest BCUT2D eigenvalue weighted by molar-refractivity contribution is 0.587. The largest absolute Gasteiger partial charge is 0.323 e. The molecule has 3 N–H and O–H groups in total. The van der Waals surface area contributed by atoms with E-state index in [1.54, 1.807) is 31.2 Å². The van der Waals surface area contributed by atoms with Crippen molar-refractivity contribution in [2.75, 3.05) is 4.72 Å². The van der Waals surface area contributed by atoms with Crippen molar-refractivity contribution in [2.24, 2.45) is 0 Å². The molecule has 0 aliphatic carbocycles. The first-order valence-corrected chi connectivity index (χ1v) is 9.40. The van der Waals surface area contributed by atoms with E-state index in [0.29, 0.717) is 16.7 Å². The van der Waals surface area contributed by atoms with Crippen LogP contribution in [0, 0.1) is 6.92 Å². The van der Waals surface area contributed by atoms with Gasteiger partial charge in [0.05, 0.1) is 21.6 Å². The highest BCUT2D eigenvalue weighted by Gasteiger charge is 2.18. The zero-order chi connectivity index (χ0) is 18.4. The normalized spacial score (nSPS) is 12.5. The van der Waals surface area contributed by atoms with Crippen molar-refractivity contribution in [2.45, 2.75) is 38.0 Å². The lowest BCUT2D eigenvalue weighted by Crippen LogP contribution is -2.15. The third kappa shape index (κ3) is 3.46. The molecule has 0 unspecified atom stereocenters. The molecule has 0 bridgehead atoms. The number of H-pyrrole nitrogens is 2. The van der Waals surface area contributed by atoms with Gasteiger partial charge in [0.25, 0.3) is 10.0 Å². The highest BCUT2D eigenvalue weighted by atomic mass is 32.2. The van der Waals surface area contributed by atoms with Crippen molar-refractivity contribution in [1.82, 2.24) is 9.97 Å². The Balaban J connectivity index is 1.96. The number of aryl methyl sites for hydroxylation is 1. The Bertz CT molecular complexity index is 1090. The second-order valence-electron chi connectivity index (χ2n) is 7.17. The Morgan fingerprint density at radius 2 is 1.52 bits per heavy atom. The van der Waals surface area contributed by atoms with Gasteiger partial charge in [0.2, 0.25) is 0 Å². The molecule has 1 aromatic heterocycles. The molecule has 0 atom stereocenters. The summed E-state index contributed by atoms with van der Waals surface area (Å²) < 4.78 is 27.9. The van der Waals surface area contributed by atoms with Crippen LogP contribution in [0.2, 0.25) is 0 Å². The quantitative estimate of drug-likeness (QED) is 0.670. The minimum absolute atomic E-state index is 0.0441. The van der Waals surface area contributed by atoms with Gasteiger partial charge in [-0.2, -0.15) is 0 Å². The van der Waals surface area contributed by atoms with Crippen LogP contribution >= 0.6 is 0 Å². The number of fused-ring (bicyclic) bond motifs is 1. The van der Waals surface area contributed by atoms with Crippen LogP contribution in [0.1, 0.15) is 31.9 Å². The summed E-state index contributed by atoms with van der Waals surface area (Å²) in [7, 11) is -3.71. The summed E-state index contributed by atoms with van der Waals surface area (Å²) in [4.78, 5) is 16.9. The van der Waals surface area contributed by atoms with E-state index < -0.39 is 10.0 Å². The first-order chi connectivity index (χ1) is 11.6. The number of hydrogen-bond donors (Lipinski definition) is 3. The number of benzene rings is 2. The minimum atomic E-state index is -3.71. The van der Waals surface area contributed by atoms with Crippen LogP contribution in [0.4, 0.5) is 5.69 Å². The average Bonchev–Trinajstić information content (AvgIpc) is 2.85. The van der Waals surface area contributed by atoms with Gasteiger partial charge in [0.15, 0.2) is 0 Å². The third-order valence-electron chi connectivity index (χ3n) is 4.14. The standard InChI is InChI=1S/C18H21N3O3S/c1-11-9-15-16(20-17(22)19-15)10-14(11)21-25(23,24)13-7-5-12(6-8-13)18(2,3)4/h5-10,21H,1-4H3,(H2,19,20,22). The van der Waals surface area contributed by atoms with E-state index in [2.05, 4.69) is 35.5 Å². The highest BCUT2D eigenvalue weighted by Crippen LogP contribution is 2.26. The molecule has 3 rings (SSSR count). The third-order valence-corrected chi connectivity index (χ3v) is 5.52. The van der Waals surface area contributed by atoms with Crippen molar-refractivity contribution in [3.8, 4) is 0 Å². The molecule has 132 valence electrons. The van der Waals surface area contributed by atoms with E-state index >= 15 is 0 Å². The van der Waals surface area contributed by atoms with Crippen LogP contribution in [0.25, 0.3) is 11.0 Å². The summed E-state index contributed by atoms with van der Waals surface area (Å²) in [5.41, 5.74) is 3.04. The number of imidazole rings is 1. The number of aromatic nitrogens is 2. The maximum Gasteiger partial charge on any atom is 0.323 e. The molecule has 0 saturated heterocycles. The smallest absolute Gasteiger partial charge is 0.306 e. The number of sulfonamides is 1. The maximum absolute atomic E-state index is 12.7. The van der Waals surface area contributed by atoms with Gasteiger partial charge in [-0.1, -0.05) is 32.9 Å². The average molecular weight is 359 g/mol. The molecule has 0 amide bonds. The van der Waals surface area contributed by atoms with Crippen molar-refractivity contribution >= 4 is 26.7 Å². The summed E-state index contributed by atoms with van der Waals surface area (Å²) in [5.74, 6) is 0. The molecule has 25 heavy (non-hydrogen) atoms. The summed E-state index contributed by atoms with van der Waals surface area (Å²) in [6.07, 6.45) is 0. The van der Waals surface area contributed by atoms with Crippen molar-refractivity contribution in [1.29, 1.82) is 0 Å². The number of nitrogens with one attached hydrogen (secondary N) is 3. The fraction of sp³-hybridized carbons (Fsp3) is 0.278. The molecule has 7 heteroatoms. The second kappa shape index (κ2) is 5.77. The minimum Gasteiger partial charge on any atom is -0.306 e. The van der Waals surface area contributed by atoms with E-state index in [4.69, 9.17) is 0 Å². The number of hydrogen-bond acceptors (Lipinski definition) is 3. The number of aromatic amines is 2. The molecular weight excluding hydrogens is 338 g/mol. The van der Waals surface area contributed by atoms with Gasteiger partial charge in [-0.05, 0) is 47.7 Å². The zero-order valence-electron chi connectivity index (χ0n) is 14.6. The molecule has 2 aromatic carbocycles. The Morgan fingerprint density at radius 3 is 2.08 bits per heavy atom. The summed E-state index contributed by atoms with van der Waals surface area (Å²) >= 11 is 0. The van der Waals surface area contributed by atoms with E-state index in [9.17, 15) is 13.2 Å². The van der Waals surface area contributed by atoms with E-state index in [1.807, 2.05) is 12.1 Å². The summed E-state index contributed by atoms with van der Waals surface area (Å²) in [6, 6.07) is 10.2. The Morgan fingerprint density at radius 1 is 0.960 bits per heavy atom. The van der Waals surface area contributed by atoms with E-state index in [-0.39, 0.29) is 16.0 Å². The molecule has 0 saturated carbocycles. The molecule has 0 aliphatic rings. The molecular formula is C18H21N3O3S. The first kappa shape index (κ1) is 17.3. The maximum atomic E-state index is 12.7. The number of anilines is 1. The molecule has 0 spiro atoms. The summed E-state index contributed by atoms with van der Waals surface area (Å²) in [6.45, 7) is 8.01. The van der Waals surface area contributed by atoms with Gasteiger partial charge < -0.3 is 9.97 Å². The van der Waals surface area contributed by atoms with Crippen LogP contribution in [0.15, 0.2) is 46.1 Å². The predicted molar refractivity (Wildman–Crippen MR) is 99.6 cm³/mol. The van der Waals surface area contributed by atoms with E-state index in [0.717, 1.165) is 11.1 Å². The van der Waals surface area contributed by atoms with Gasteiger partial charge >= 0.3 is 5.69 Å². The van der Waals surface area contributed by atoms with Crippen LogP contribution in [-0.2, 0) is 15.4 Å². The first-order valence-electron chi connectivity index (χ1n) is 7.92. The van der Waals surface area contributed by atoms with E-state index in [1.165, 1.54) is 0 Å². The van der Waals surface area contributed by atoms with Crippen molar-refractivity contribution in [3.63, 3.8) is 0 Å². The van der Waals surface area contributed by atoms with Crippen LogP contribution in [0.3, 0.4) is 0 Å². The monoisotopic (exact) mass is 359 g/mol. The Labute approximate surface area is 146 Å². The summed E-state index contributed by atoms with van der Waals surface area (Å²) in [5, 5.41) is 0. The zero-order valence-corrected chi connectivity index (χ0v) is 15.4. The molecule has 3 aromatic rings. The Hall–Kier alpha value is -2.54. The van der Waals surface area contributed by atoms with Crippen LogP contribution in [-0.4, -0.2) is 18.4 Å². The van der Waals surface area contributed by atoms with Crippen molar-refractivity contribution < 1.29 is 8.42 Å². The van der Waals surface area contributed by atoms with Gasteiger partial charge in [0.1, 0.15) is 0 Å². The fourth-order valence-corrected chi connectivity index (χ4v) is 3.76. The van der Waals surface area contributed by atoms with Gasteiger partial charge in [0, 0.05) is 0 Å². The molecule has 6 nitrogen and oxygen atoms in total. The molecule has 0 radical (unpaired) electrons. The molecule has 0 fully saturated rings. The van der Waals surface area contributed by atoms with Crippen LogP contribution in [0.5, 0.6) is 0 Å². The molecule has 0 aliphatic heterocycles.